The van der Waals surface area contributed by atoms with Crippen LogP contribution in [0.2, 0.25) is 0 Å². The summed E-state index contributed by atoms with van der Waals surface area (Å²) < 4.78 is 163. The number of hydrogen-bond acceptors (Lipinski definition) is 14. The quantitative estimate of drug-likeness (QED) is 0.0693. The van der Waals surface area contributed by atoms with Crippen molar-refractivity contribution >= 4 is 46.1 Å². The molecule has 8 aromatic rings. The minimum Gasteiger partial charge on any atom is -0.495 e. The van der Waals surface area contributed by atoms with Gasteiger partial charge >= 0.3 is 24.7 Å². The van der Waals surface area contributed by atoms with Gasteiger partial charge in [-0.25, -0.2) is 15.0 Å². The molecule has 9 rings (SSSR count). The SMILES string of the molecule is COc1ccc([C@@H](C)NC(=O)c2csc(-c3ccc(C(F)(F)F)cc3)n2)nc1.C[C@@H](NC(=O)C1=CCC(c2ccc(C(F)(F)F)cc2)=N1)c1ccc(OCC(F)(F)F)cn1.C[C@@H](NC(=O)c1csc(Cc2ccccc2)n1)c1ccc(OCC(F)(F)F)cn1. The molecule has 0 aliphatic carbocycles. The van der Waals surface area contributed by atoms with Crippen LogP contribution in [0.1, 0.15) is 111 Å². The molecule has 0 saturated carbocycles. The summed E-state index contributed by atoms with van der Waals surface area (Å²) in [5, 5.41) is 12.8. The summed E-state index contributed by atoms with van der Waals surface area (Å²) in [4.78, 5) is 62.4. The Balaban J connectivity index is 0.000000191. The molecule has 3 N–H and O–H groups in total. The van der Waals surface area contributed by atoms with E-state index < -0.39 is 67.0 Å². The topological polar surface area (TPSA) is 192 Å². The highest BCUT2D eigenvalue weighted by Crippen LogP contribution is 2.33. The lowest BCUT2D eigenvalue weighted by Gasteiger charge is -2.14. The molecule has 15 nitrogen and oxygen atoms in total. The monoisotopic (exact) mass is 1290 g/mol. The van der Waals surface area contributed by atoms with Crippen molar-refractivity contribution in [3.05, 3.63) is 212 Å². The van der Waals surface area contributed by atoms with E-state index in [9.17, 15) is 67.1 Å². The number of thiazole rings is 2. The van der Waals surface area contributed by atoms with Gasteiger partial charge in [-0.2, -0.15) is 52.7 Å². The number of nitrogens with one attached hydrogen (secondary N) is 3. The van der Waals surface area contributed by atoms with Crippen molar-refractivity contribution in [2.45, 2.75) is 76.4 Å². The molecule has 5 aromatic heterocycles. The van der Waals surface area contributed by atoms with Gasteiger partial charge in [0, 0.05) is 29.2 Å². The first-order valence-corrected chi connectivity index (χ1v) is 28.1. The molecule has 6 heterocycles. The summed E-state index contributed by atoms with van der Waals surface area (Å²) in [5.41, 5.74) is 3.22. The summed E-state index contributed by atoms with van der Waals surface area (Å²) in [6.07, 6.45) is -11.3. The number of methoxy groups -OCH3 is 1. The van der Waals surface area contributed by atoms with E-state index >= 15 is 0 Å². The van der Waals surface area contributed by atoms with Crippen LogP contribution in [0.3, 0.4) is 0 Å². The summed E-state index contributed by atoms with van der Waals surface area (Å²) in [6.45, 7) is 2.33. The van der Waals surface area contributed by atoms with Crippen LogP contribution in [0.25, 0.3) is 10.6 Å². The molecular formula is C60H51F12N9O6S2. The Bertz CT molecular complexity index is 3690. The number of rotatable bonds is 18. The first-order chi connectivity index (χ1) is 42.0. The van der Waals surface area contributed by atoms with Crippen LogP contribution in [0.15, 0.2) is 161 Å². The van der Waals surface area contributed by atoms with Crippen LogP contribution < -0.4 is 30.2 Å². The Morgan fingerprint density at radius 1 is 0.528 bits per heavy atom. The van der Waals surface area contributed by atoms with E-state index in [0.29, 0.717) is 56.8 Å². The molecular weight excluding hydrogens is 1230 g/mol. The number of alkyl halides is 12. The molecule has 3 aromatic carbocycles. The number of amides is 3. The predicted molar refractivity (Wildman–Crippen MR) is 305 cm³/mol. The summed E-state index contributed by atoms with van der Waals surface area (Å²) in [7, 11) is 1.54. The van der Waals surface area contributed by atoms with Crippen LogP contribution in [0.5, 0.6) is 17.2 Å². The lowest BCUT2D eigenvalue weighted by molar-refractivity contribution is -0.154. The molecule has 0 radical (unpaired) electrons. The number of ether oxygens (including phenoxy) is 3. The van der Waals surface area contributed by atoms with Gasteiger partial charge in [0.1, 0.15) is 39.3 Å². The van der Waals surface area contributed by atoms with Crippen LogP contribution in [0, 0.1) is 0 Å². The molecule has 3 amide bonds. The lowest BCUT2D eigenvalue weighted by atomic mass is 10.1. The van der Waals surface area contributed by atoms with E-state index in [0.717, 1.165) is 41.0 Å². The number of carbonyl (C=O) groups is 3. The molecule has 0 bridgehead atoms. The Labute approximate surface area is 508 Å². The summed E-state index contributed by atoms with van der Waals surface area (Å²) >= 11 is 2.60. The van der Waals surface area contributed by atoms with Crippen molar-refractivity contribution in [3.63, 3.8) is 0 Å². The van der Waals surface area contributed by atoms with Gasteiger partial charge in [0.2, 0.25) is 0 Å². The van der Waals surface area contributed by atoms with Crippen LogP contribution in [-0.4, -0.2) is 81.0 Å². The number of hydrogen-bond donors (Lipinski definition) is 3. The number of nitrogens with zero attached hydrogens (tertiary/aromatic N) is 6. The van der Waals surface area contributed by atoms with Gasteiger partial charge < -0.3 is 30.2 Å². The second-order valence-electron chi connectivity index (χ2n) is 19.2. The molecule has 1 aliphatic rings. The van der Waals surface area contributed by atoms with Crippen molar-refractivity contribution in [1.82, 2.24) is 40.9 Å². The third-order valence-corrected chi connectivity index (χ3v) is 14.1. The smallest absolute Gasteiger partial charge is 0.422 e. The van der Waals surface area contributed by atoms with Crippen LogP contribution in [-0.2, 0) is 23.6 Å². The Kier molecular flexibility index (Phi) is 22.4. The molecule has 0 fully saturated rings. The molecule has 0 spiro atoms. The van der Waals surface area contributed by atoms with E-state index in [1.165, 1.54) is 77.4 Å². The van der Waals surface area contributed by atoms with E-state index in [2.05, 4.69) is 55.3 Å². The standard InChI is InChI=1S/C21H17F6N3O2.C20H18F3N3O2S.C19H16F3N3O2S/c1-12(16-7-6-15(10-28-16)32-11-20(22,23)24)29-19(31)18-9-8-17(30-18)13-2-4-14(5-3-13)21(25,26)27;1-13(16-8-7-15(10-24-16)28-12-20(21,22)23)25-19(27)17-11-29-18(26-17)9-14-5-3-2-4-6-14;1-11(15-8-7-14(27-2)9-23-15)24-17(26)16-10-28-18(25-16)12-3-5-13(6-4-12)19(20,21)22/h2-7,9-10,12H,8,11H2,1H3,(H,29,31);2-8,10-11,13H,9,12H2,1H3,(H,25,27);3-11H,1-2H3,(H,24,26)/t12-;13-;11-/m111/s1. The van der Waals surface area contributed by atoms with Crippen molar-refractivity contribution in [2.24, 2.45) is 4.99 Å². The minimum atomic E-state index is -4.46. The number of halogens is 12. The molecule has 89 heavy (non-hydrogen) atoms. The first-order valence-electron chi connectivity index (χ1n) is 26.3. The number of aromatic nitrogens is 5. The largest absolute Gasteiger partial charge is 0.495 e. The zero-order valence-corrected chi connectivity index (χ0v) is 48.6. The second-order valence-corrected chi connectivity index (χ2v) is 21.0. The maximum absolute atomic E-state index is 12.7. The summed E-state index contributed by atoms with van der Waals surface area (Å²) in [5.74, 6) is -0.683. The fourth-order valence-electron chi connectivity index (χ4n) is 7.79. The number of pyridine rings is 3. The number of allylic oxidation sites excluding steroid dienone is 1. The van der Waals surface area contributed by atoms with Crippen LogP contribution >= 0.6 is 22.7 Å². The highest BCUT2D eigenvalue weighted by atomic mass is 32.1. The number of aliphatic imine (C=N–C) groups is 1. The molecule has 1 aliphatic heterocycles. The fraction of sp³-hybridized carbons (Fsp3) is 0.250. The molecule has 3 atom stereocenters. The average molecular weight is 1290 g/mol. The van der Waals surface area contributed by atoms with Crippen molar-refractivity contribution in [3.8, 4) is 27.8 Å². The van der Waals surface area contributed by atoms with Gasteiger partial charge in [0.15, 0.2) is 13.2 Å². The van der Waals surface area contributed by atoms with Crippen molar-refractivity contribution in [2.75, 3.05) is 20.3 Å². The van der Waals surface area contributed by atoms with Gasteiger partial charge in [0.25, 0.3) is 17.7 Å². The van der Waals surface area contributed by atoms with Gasteiger partial charge in [-0.15, -0.1) is 22.7 Å². The zero-order valence-electron chi connectivity index (χ0n) is 47.0. The van der Waals surface area contributed by atoms with Gasteiger partial charge in [-0.05, 0) is 98.6 Å². The van der Waals surface area contributed by atoms with E-state index in [1.807, 2.05) is 30.3 Å². The van der Waals surface area contributed by atoms with Crippen LogP contribution in [0.4, 0.5) is 52.7 Å². The average Bonchev–Trinajstić information content (AvgIpc) is 2.27. The molecule has 29 heteroatoms. The Morgan fingerprint density at radius 2 is 0.966 bits per heavy atom. The third kappa shape index (κ3) is 20.7. The molecule has 468 valence electrons. The van der Waals surface area contributed by atoms with E-state index in [4.69, 9.17) is 4.74 Å². The Morgan fingerprint density at radius 3 is 1.40 bits per heavy atom. The van der Waals surface area contributed by atoms with Gasteiger partial charge in [-0.3, -0.25) is 29.3 Å². The van der Waals surface area contributed by atoms with Gasteiger partial charge in [0.05, 0.1) is 82.8 Å². The normalized spacial score (nSPS) is 13.4. The number of benzene rings is 3. The summed E-state index contributed by atoms with van der Waals surface area (Å²) in [6, 6.07) is 26.8. The maximum Gasteiger partial charge on any atom is 0.422 e. The van der Waals surface area contributed by atoms with E-state index in [1.54, 1.807) is 63.0 Å². The van der Waals surface area contributed by atoms with Crippen molar-refractivity contribution in [1.29, 1.82) is 0 Å². The minimum absolute atomic E-state index is 0.00894. The van der Waals surface area contributed by atoms with E-state index in [-0.39, 0.29) is 47.2 Å². The molecule has 0 saturated heterocycles. The second kappa shape index (κ2) is 29.6. The fourth-order valence-corrected chi connectivity index (χ4v) is 9.40. The number of carbonyl (C=O) groups excluding carboxylic acids is 3. The first kappa shape index (κ1) is 67.3. The molecule has 0 unspecified atom stereocenters. The Hall–Kier alpha value is -9.25. The third-order valence-electron chi connectivity index (χ3n) is 12.4. The highest BCUT2D eigenvalue weighted by Gasteiger charge is 2.33. The highest BCUT2D eigenvalue weighted by molar-refractivity contribution is 7.13. The van der Waals surface area contributed by atoms with Gasteiger partial charge in [-0.1, -0.05) is 54.6 Å². The predicted octanol–water partition coefficient (Wildman–Crippen LogP) is 14.3. The maximum atomic E-state index is 12.7. The lowest BCUT2D eigenvalue weighted by Crippen LogP contribution is -2.27. The van der Waals surface area contributed by atoms with Crippen molar-refractivity contribution < 1.29 is 81.3 Å². The zero-order chi connectivity index (χ0) is 64.7.